The van der Waals surface area contributed by atoms with Crippen molar-refractivity contribution in [1.29, 1.82) is 0 Å². The first kappa shape index (κ1) is 12.5. The highest BCUT2D eigenvalue weighted by Crippen LogP contribution is 2.09. The van der Waals surface area contributed by atoms with Crippen molar-refractivity contribution < 1.29 is 4.79 Å². The highest BCUT2D eigenvalue weighted by Gasteiger charge is 2.16. The third kappa shape index (κ3) is 4.62. The molecule has 3 N–H and O–H groups in total. The molecule has 1 rings (SSSR count). The predicted octanol–water partition coefficient (Wildman–Crippen LogP) is 0.326. The number of nitrogens with one attached hydrogen (secondary N) is 1. The number of hydrogen-bond acceptors (Lipinski definition) is 3. The van der Waals surface area contributed by atoms with E-state index in [1.807, 2.05) is 6.92 Å². The maximum atomic E-state index is 11.1. The zero-order valence-corrected chi connectivity index (χ0v) is 9.67. The molecule has 1 atom stereocenters. The molecule has 1 heterocycles. The second kappa shape index (κ2) is 6.80. The van der Waals surface area contributed by atoms with Gasteiger partial charge in [0.2, 0.25) is 5.91 Å². The molecule has 0 spiro atoms. The molecular weight excluding hydrogens is 190 g/mol. The monoisotopic (exact) mass is 213 g/mol. The Morgan fingerprint density at radius 2 is 2.07 bits per heavy atom. The predicted molar refractivity (Wildman–Crippen MR) is 61.6 cm³/mol. The van der Waals surface area contributed by atoms with Gasteiger partial charge in [-0.1, -0.05) is 13.3 Å². The van der Waals surface area contributed by atoms with Crippen molar-refractivity contribution in [3.63, 3.8) is 0 Å². The van der Waals surface area contributed by atoms with Gasteiger partial charge in [-0.15, -0.1) is 0 Å². The lowest BCUT2D eigenvalue weighted by atomic mass is 10.1. The SMILES string of the molecule is CCNC(CCN1CCCCC1)C(N)=O. The van der Waals surface area contributed by atoms with E-state index >= 15 is 0 Å². The molecule has 15 heavy (non-hydrogen) atoms. The molecule has 0 aromatic carbocycles. The summed E-state index contributed by atoms with van der Waals surface area (Å²) in [6.45, 7) is 6.14. The Hall–Kier alpha value is -0.610. The molecule has 0 bridgehead atoms. The summed E-state index contributed by atoms with van der Waals surface area (Å²) in [7, 11) is 0. The summed E-state index contributed by atoms with van der Waals surface area (Å²) in [6, 6.07) is -0.156. The van der Waals surface area contributed by atoms with Crippen molar-refractivity contribution in [1.82, 2.24) is 10.2 Å². The van der Waals surface area contributed by atoms with Crippen LogP contribution in [0.15, 0.2) is 0 Å². The molecular formula is C11H23N3O. The number of likely N-dealkylation sites (tertiary alicyclic amines) is 1. The summed E-state index contributed by atoms with van der Waals surface area (Å²) in [4.78, 5) is 13.5. The second-order valence-electron chi connectivity index (χ2n) is 4.20. The molecule has 1 aliphatic heterocycles. The van der Waals surface area contributed by atoms with E-state index in [4.69, 9.17) is 5.73 Å². The third-order valence-corrected chi connectivity index (χ3v) is 2.98. The molecule has 88 valence electrons. The Morgan fingerprint density at radius 3 is 2.60 bits per heavy atom. The second-order valence-corrected chi connectivity index (χ2v) is 4.20. The topological polar surface area (TPSA) is 58.4 Å². The number of nitrogens with two attached hydrogens (primary N) is 1. The summed E-state index contributed by atoms with van der Waals surface area (Å²) in [6.07, 6.45) is 4.77. The zero-order chi connectivity index (χ0) is 11.1. The van der Waals surface area contributed by atoms with Crippen LogP contribution in [-0.2, 0) is 4.79 Å². The van der Waals surface area contributed by atoms with Crippen LogP contribution in [0.5, 0.6) is 0 Å². The van der Waals surface area contributed by atoms with E-state index < -0.39 is 0 Å². The largest absolute Gasteiger partial charge is 0.368 e. The molecule has 0 aromatic heterocycles. The van der Waals surface area contributed by atoms with Gasteiger partial charge in [0.15, 0.2) is 0 Å². The summed E-state index contributed by atoms with van der Waals surface area (Å²) in [5, 5.41) is 3.12. The van der Waals surface area contributed by atoms with Gasteiger partial charge in [0.25, 0.3) is 0 Å². The molecule has 0 aliphatic carbocycles. The van der Waals surface area contributed by atoms with Gasteiger partial charge < -0.3 is 16.0 Å². The maximum Gasteiger partial charge on any atom is 0.234 e. The molecule has 0 saturated carbocycles. The van der Waals surface area contributed by atoms with Gasteiger partial charge in [0, 0.05) is 6.54 Å². The number of likely N-dealkylation sites (N-methyl/N-ethyl adjacent to an activating group) is 1. The van der Waals surface area contributed by atoms with Crippen LogP contribution in [0.3, 0.4) is 0 Å². The zero-order valence-electron chi connectivity index (χ0n) is 9.67. The van der Waals surface area contributed by atoms with Crippen molar-refractivity contribution in [2.75, 3.05) is 26.2 Å². The fourth-order valence-corrected chi connectivity index (χ4v) is 2.09. The van der Waals surface area contributed by atoms with Gasteiger partial charge in [-0.3, -0.25) is 4.79 Å². The summed E-state index contributed by atoms with van der Waals surface area (Å²) >= 11 is 0. The van der Waals surface area contributed by atoms with Crippen LogP contribution < -0.4 is 11.1 Å². The standard InChI is InChI=1S/C11H23N3O/c1-2-13-10(11(12)15)6-9-14-7-4-3-5-8-14/h10,13H,2-9H2,1H3,(H2,12,15). The first-order valence-electron chi connectivity index (χ1n) is 5.99. The fraction of sp³-hybridized carbons (Fsp3) is 0.909. The number of primary amides is 1. The molecule has 1 saturated heterocycles. The Balaban J connectivity index is 2.22. The fourth-order valence-electron chi connectivity index (χ4n) is 2.09. The third-order valence-electron chi connectivity index (χ3n) is 2.98. The number of piperidine rings is 1. The van der Waals surface area contributed by atoms with Crippen LogP contribution in [0.25, 0.3) is 0 Å². The minimum Gasteiger partial charge on any atom is -0.368 e. The van der Waals surface area contributed by atoms with Crippen molar-refractivity contribution in [3.05, 3.63) is 0 Å². The number of hydrogen-bond donors (Lipinski definition) is 2. The quantitative estimate of drug-likeness (QED) is 0.668. The Labute approximate surface area is 92.2 Å². The van der Waals surface area contributed by atoms with Crippen LogP contribution in [0.1, 0.15) is 32.6 Å². The van der Waals surface area contributed by atoms with Crippen LogP contribution in [0.2, 0.25) is 0 Å². The normalized spacial score (nSPS) is 20.1. The maximum absolute atomic E-state index is 11.1. The molecule has 4 heteroatoms. The average Bonchev–Trinajstić information content (AvgIpc) is 2.25. The van der Waals surface area contributed by atoms with Gasteiger partial charge in [-0.25, -0.2) is 0 Å². The number of nitrogens with zero attached hydrogens (tertiary/aromatic N) is 1. The van der Waals surface area contributed by atoms with Gasteiger partial charge in [0.1, 0.15) is 0 Å². The van der Waals surface area contributed by atoms with Gasteiger partial charge in [-0.2, -0.15) is 0 Å². The molecule has 1 unspecified atom stereocenters. The Bertz CT molecular complexity index is 190. The Morgan fingerprint density at radius 1 is 1.40 bits per heavy atom. The minimum atomic E-state index is -0.228. The van der Waals surface area contributed by atoms with Crippen LogP contribution >= 0.6 is 0 Å². The van der Waals surface area contributed by atoms with E-state index in [9.17, 15) is 4.79 Å². The molecule has 1 fully saturated rings. The van der Waals surface area contributed by atoms with Crippen LogP contribution in [0.4, 0.5) is 0 Å². The first-order chi connectivity index (χ1) is 7.24. The molecule has 1 amide bonds. The lowest BCUT2D eigenvalue weighted by Gasteiger charge is -2.27. The van der Waals surface area contributed by atoms with Crippen molar-refractivity contribution in [3.8, 4) is 0 Å². The number of carbonyl (C=O) groups is 1. The molecule has 1 aliphatic rings. The first-order valence-corrected chi connectivity index (χ1v) is 5.99. The van der Waals surface area contributed by atoms with E-state index in [0.29, 0.717) is 0 Å². The van der Waals surface area contributed by atoms with Crippen LogP contribution in [0, 0.1) is 0 Å². The summed E-state index contributed by atoms with van der Waals surface area (Å²) < 4.78 is 0. The summed E-state index contributed by atoms with van der Waals surface area (Å²) in [5.74, 6) is -0.228. The lowest BCUT2D eigenvalue weighted by molar-refractivity contribution is -0.120. The van der Waals surface area contributed by atoms with E-state index in [1.54, 1.807) is 0 Å². The van der Waals surface area contributed by atoms with E-state index in [2.05, 4.69) is 10.2 Å². The van der Waals surface area contributed by atoms with Gasteiger partial charge >= 0.3 is 0 Å². The number of rotatable bonds is 6. The van der Waals surface area contributed by atoms with E-state index in [0.717, 1.165) is 19.5 Å². The lowest BCUT2D eigenvalue weighted by Crippen LogP contribution is -2.44. The Kier molecular flexibility index (Phi) is 5.65. The van der Waals surface area contributed by atoms with Gasteiger partial charge in [-0.05, 0) is 38.9 Å². The van der Waals surface area contributed by atoms with Crippen LogP contribution in [-0.4, -0.2) is 43.0 Å². The van der Waals surface area contributed by atoms with Crippen molar-refractivity contribution >= 4 is 5.91 Å². The smallest absolute Gasteiger partial charge is 0.234 e. The van der Waals surface area contributed by atoms with Crippen molar-refractivity contribution in [2.24, 2.45) is 5.73 Å². The highest BCUT2D eigenvalue weighted by molar-refractivity contribution is 5.79. The number of carbonyl (C=O) groups excluding carboxylic acids is 1. The highest BCUT2D eigenvalue weighted by atomic mass is 16.1. The molecule has 0 radical (unpaired) electrons. The molecule has 4 nitrogen and oxygen atoms in total. The molecule has 0 aromatic rings. The minimum absolute atomic E-state index is 0.156. The number of amides is 1. The van der Waals surface area contributed by atoms with E-state index in [-0.39, 0.29) is 11.9 Å². The van der Waals surface area contributed by atoms with Crippen molar-refractivity contribution in [2.45, 2.75) is 38.6 Å². The average molecular weight is 213 g/mol. The van der Waals surface area contributed by atoms with Gasteiger partial charge in [0.05, 0.1) is 6.04 Å². The van der Waals surface area contributed by atoms with E-state index in [1.165, 1.54) is 32.4 Å². The summed E-state index contributed by atoms with van der Waals surface area (Å²) in [5.41, 5.74) is 5.32.